The van der Waals surface area contributed by atoms with Crippen molar-refractivity contribution in [2.45, 2.75) is 6.43 Å². The first-order valence-corrected chi connectivity index (χ1v) is 4.74. The number of hydrogen-bond donors (Lipinski definition) is 0. The summed E-state index contributed by atoms with van der Waals surface area (Å²) in [4.78, 5) is 3.84. The number of rotatable bonds is 3. The maximum atomic E-state index is 12.4. The number of methoxy groups -OCH3 is 2. The Morgan fingerprint density at radius 1 is 1.36 bits per heavy atom. The molecular weight excluding hydrogens is 307 g/mol. The van der Waals surface area contributed by atoms with Gasteiger partial charge in [-0.05, 0) is 28.7 Å². The Labute approximate surface area is 93.6 Å². The molecule has 0 N–H and O–H groups in total. The number of hydrogen-bond acceptors (Lipinski definition) is 3. The highest BCUT2D eigenvalue weighted by molar-refractivity contribution is 14.1. The Balaban J connectivity index is 3.23. The molecule has 14 heavy (non-hydrogen) atoms. The molecule has 0 atom stereocenters. The van der Waals surface area contributed by atoms with Gasteiger partial charge < -0.3 is 9.47 Å². The summed E-state index contributed by atoms with van der Waals surface area (Å²) in [6.07, 6.45) is -2.56. The van der Waals surface area contributed by atoms with Gasteiger partial charge in [0.1, 0.15) is 3.70 Å². The molecule has 0 saturated heterocycles. The maximum absolute atomic E-state index is 12.4. The molecule has 0 bridgehead atoms. The fourth-order valence-corrected chi connectivity index (χ4v) is 1.53. The molecule has 0 unspecified atom stereocenters. The molecule has 0 aliphatic rings. The van der Waals surface area contributed by atoms with E-state index in [2.05, 4.69) is 4.98 Å². The summed E-state index contributed by atoms with van der Waals surface area (Å²) in [6, 6.07) is 1.23. The van der Waals surface area contributed by atoms with Crippen LogP contribution in [-0.4, -0.2) is 19.2 Å². The van der Waals surface area contributed by atoms with Crippen molar-refractivity contribution in [3.05, 3.63) is 15.3 Å². The lowest BCUT2D eigenvalue weighted by Gasteiger charge is -2.09. The van der Waals surface area contributed by atoms with Gasteiger partial charge in [0.25, 0.3) is 12.3 Å². The van der Waals surface area contributed by atoms with E-state index in [4.69, 9.17) is 9.47 Å². The lowest BCUT2D eigenvalue weighted by molar-refractivity contribution is 0.149. The molecule has 0 aliphatic carbocycles. The van der Waals surface area contributed by atoms with E-state index in [1.807, 2.05) is 0 Å². The second-order valence-corrected chi connectivity index (χ2v) is 3.40. The quantitative estimate of drug-likeness (QED) is 0.635. The van der Waals surface area contributed by atoms with E-state index in [9.17, 15) is 8.78 Å². The normalized spacial score (nSPS) is 10.4. The zero-order valence-electron chi connectivity index (χ0n) is 7.55. The Morgan fingerprint density at radius 3 is 2.43 bits per heavy atom. The van der Waals surface area contributed by atoms with E-state index in [1.165, 1.54) is 20.3 Å². The predicted octanol–water partition coefficient (Wildman–Crippen LogP) is 2.64. The van der Waals surface area contributed by atoms with Gasteiger partial charge in [-0.25, -0.2) is 13.8 Å². The molecule has 0 spiro atoms. The summed E-state index contributed by atoms with van der Waals surface area (Å²) >= 11 is 1.73. The summed E-state index contributed by atoms with van der Waals surface area (Å²) in [5.41, 5.74) is -0.150. The van der Waals surface area contributed by atoms with Crippen molar-refractivity contribution in [3.8, 4) is 11.6 Å². The molecule has 0 radical (unpaired) electrons. The summed E-state index contributed by atoms with van der Waals surface area (Å²) in [5.74, 6) is 0.421. The number of nitrogens with zero attached hydrogens (tertiary/aromatic N) is 1. The van der Waals surface area contributed by atoms with Crippen LogP contribution in [-0.2, 0) is 0 Å². The highest BCUT2D eigenvalue weighted by atomic mass is 127. The van der Waals surface area contributed by atoms with Crippen molar-refractivity contribution in [2.75, 3.05) is 14.2 Å². The molecule has 0 amide bonds. The number of pyridine rings is 1. The largest absolute Gasteiger partial charge is 0.491 e. The number of ether oxygens (including phenoxy) is 2. The predicted molar refractivity (Wildman–Crippen MR) is 55.0 cm³/mol. The zero-order chi connectivity index (χ0) is 10.7. The third-order valence-electron chi connectivity index (χ3n) is 1.58. The van der Waals surface area contributed by atoms with E-state index in [0.29, 0.717) is 0 Å². The van der Waals surface area contributed by atoms with Gasteiger partial charge in [0.05, 0.1) is 19.8 Å². The highest BCUT2D eigenvalue weighted by Gasteiger charge is 2.17. The first-order valence-electron chi connectivity index (χ1n) is 3.66. The topological polar surface area (TPSA) is 31.4 Å². The minimum atomic E-state index is -2.56. The first kappa shape index (κ1) is 11.4. The van der Waals surface area contributed by atoms with Crippen molar-refractivity contribution in [2.24, 2.45) is 0 Å². The molecule has 78 valence electrons. The zero-order valence-corrected chi connectivity index (χ0v) is 9.71. The van der Waals surface area contributed by atoms with Crippen LogP contribution < -0.4 is 9.47 Å². The summed E-state index contributed by atoms with van der Waals surface area (Å²) in [6.45, 7) is 0. The molecule has 1 aromatic heterocycles. The van der Waals surface area contributed by atoms with Crippen LogP contribution in [0.1, 0.15) is 12.0 Å². The lowest BCUT2D eigenvalue weighted by atomic mass is 10.3. The highest BCUT2D eigenvalue weighted by Crippen LogP contribution is 2.32. The van der Waals surface area contributed by atoms with Gasteiger partial charge in [-0.15, -0.1) is 0 Å². The van der Waals surface area contributed by atoms with Crippen LogP contribution in [0.3, 0.4) is 0 Å². The minimum absolute atomic E-state index is 0.150. The minimum Gasteiger partial charge on any atom is -0.491 e. The molecule has 0 saturated carbocycles. The van der Waals surface area contributed by atoms with Gasteiger partial charge in [-0.1, -0.05) is 0 Å². The van der Waals surface area contributed by atoms with Crippen LogP contribution >= 0.6 is 22.6 Å². The van der Waals surface area contributed by atoms with Crippen LogP contribution in [0.15, 0.2) is 6.07 Å². The molecule has 6 heteroatoms. The van der Waals surface area contributed by atoms with Gasteiger partial charge in [-0.2, -0.15) is 0 Å². The van der Waals surface area contributed by atoms with E-state index >= 15 is 0 Å². The summed E-state index contributed by atoms with van der Waals surface area (Å²) in [7, 11) is 2.78. The Kier molecular flexibility index (Phi) is 3.85. The van der Waals surface area contributed by atoms with E-state index in [0.717, 1.165) is 0 Å². The van der Waals surface area contributed by atoms with Crippen molar-refractivity contribution < 1.29 is 18.3 Å². The van der Waals surface area contributed by atoms with Gasteiger partial charge in [0.2, 0.25) is 0 Å². The van der Waals surface area contributed by atoms with Gasteiger partial charge >= 0.3 is 0 Å². The molecule has 0 fully saturated rings. The van der Waals surface area contributed by atoms with Crippen molar-refractivity contribution in [1.82, 2.24) is 4.98 Å². The van der Waals surface area contributed by atoms with Gasteiger partial charge in [-0.3, -0.25) is 0 Å². The Morgan fingerprint density at radius 2 is 2.00 bits per heavy atom. The van der Waals surface area contributed by atoms with Crippen LogP contribution in [0.4, 0.5) is 8.78 Å². The van der Waals surface area contributed by atoms with Crippen LogP contribution in [0.25, 0.3) is 0 Å². The Hall–Kier alpha value is -0.660. The summed E-state index contributed by atoms with van der Waals surface area (Å²) in [5, 5.41) is 0. The standard InChI is InChI=1S/C8H8F2INO2/c1-13-5-3-4(6(9)10)7(11)12-8(5)14-2/h3,6H,1-2H3. The molecule has 0 aromatic carbocycles. The lowest BCUT2D eigenvalue weighted by Crippen LogP contribution is -1.99. The fourth-order valence-electron chi connectivity index (χ4n) is 0.917. The van der Waals surface area contributed by atoms with Crippen molar-refractivity contribution in [3.63, 3.8) is 0 Å². The van der Waals surface area contributed by atoms with Gasteiger partial charge in [0.15, 0.2) is 5.75 Å². The average Bonchev–Trinajstić information content (AvgIpc) is 2.16. The molecular formula is C8H8F2INO2. The van der Waals surface area contributed by atoms with Gasteiger partial charge in [0, 0.05) is 0 Å². The molecule has 3 nitrogen and oxygen atoms in total. The fraction of sp³-hybridized carbons (Fsp3) is 0.375. The Bertz CT molecular complexity index is 333. The molecule has 1 rings (SSSR count). The smallest absolute Gasteiger partial charge is 0.266 e. The number of aromatic nitrogens is 1. The summed E-state index contributed by atoms with van der Waals surface area (Å²) < 4.78 is 34.8. The first-order chi connectivity index (χ1) is 6.60. The monoisotopic (exact) mass is 315 g/mol. The number of halogens is 3. The SMILES string of the molecule is COc1cc(C(F)F)c(I)nc1OC. The van der Waals surface area contributed by atoms with Crippen molar-refractivity contribution in [1.29, 1.82) is 0 Å². The second kappa shape index (κ2) is 4.72. The van der Waals surface area contributed by atoms with E-state index in [1.54, 1.807) is 22.6 Å². The van der Waals surface area contributed by atoms with Crippen LogP contribution in [0.5, 0.6) is 11.6 Å². The molecule has 0 aliphatic heterocycles. The van der Waals surface area contributed by atoms with Crippen molar-refractivity contribution >= 4 is 22.6 Å². The van der Waals surface area contributed by atoms with Crippen LogP contribution in [0, 0.1) is 3.70 Å². The maximum Gasteiger partial charge on any atom is 0.266 e. The second-order valence-electron chi connectivity index (χ2n) is 2.38. The third-order valence-corrected chi connectivity index (χ3v) is 2.45. The van der Waals surface area contributed by atoms with Crippen LogP contribution in [0.2, 0.25) is 0 Å². The third kappa shape index (κ3) is 2.23. The van der Waals surface area contributed by atoms with E-state index in [-0.39, 0.29) is 20.9 Å². The van der Waals surface area contributed by atoms with E-state index < -0.39 is 6.43 Å². The number of alkyl halides is 2. The molecule has 1 heterocycles. The average molecular weight is 315 g/mol. The molecule has 1 aromatic rings.